The number of phenolic OH excluding ortho intramolecular Hbond substituents is 1. The maximum atomic E-state index is 13.5. The van der Waals surface area contributed by atoms with Crippen molar-refractivity contribution in [3.63, 3.8) is 0 Å². The molecular weight excluding hydrogens is 446 g/mol. The molecule has 0 atom stereocenters. The van der Waals surface area contributed by atoms with Gasteiger partial charge in [0.25, 0.3) is 5.56 Å². The molecule has 1 fully saturated rings. The van der Waals surface area contributed by atoms with Gasteiger partial charge < -0.3 is 19.2 Å². The largest absolute Gasteiger partial charge is 0.502 e. The Morgan fingerprint density at radius 2 is 1.74 bits per heavy atom. The Balaban J connectivity index is 1.75. The van der Waals surface area contributed by atoms with Crippen LogP contribution in [0.5, 0.6) is 11.5 Å². The summed E-state index contributed by atoms with van der Waals surface area (Å²) in [4.78, 5) is 29.0. The van der Waals surface area contributed by atoms with Crippen molar-refractivity contribution < 1.29 is 14.3 Å². The Bertz CT molecular complexity index is 1680. The third kappa shape index (κ3) is 3.35. The molecule has 8 heteroatoms. The molecule has 180 valence electrons. The zero-order chi connectivity index (χ0) is 24.1. The number of fused-ring (bicyclic) bond motifs is 4. The van der Waals surface area contributed by atoms with E-state index in [-0.39, 0.29) is 17.2 Å². The number of pyridine rings is 1. The molecule has 5 aromatic rings. The van der Waals surface area contributed by atoms with E-state index in [9.17, 15) is 14.7 Å². The van der Waals surface area contributed by atoms with Crippen LogP contribution >= 0.6 is 0 Å². The molecule has 3 aromatic heterocycles. The summed E-state index contributed by atoms with van der Waals surface area (Å²) in [5, 5.41) is 14.6. The van der Waals surface area contributed by atoms with Crippen LogP contribution in [0.25, 0.3) is 44.2 Å². The Labute approximate surface area is 200 Å². The maximum absolute atomic E-state index is 13.5. The lowest BCUT2D eigenvalue weighted by molar-refractivity contribution is 0.353. The summed E-state index contributed by atoms with van der Waals surface area (Å²) in [5.41, 5.74) is 2.29. The highest BCUT2D eigenvalue weighted by Crippen LogP contribution is 2.43. The van der Waals surface area contributed by atoms with Crippen molar-refractivity contribution in [2.45, 2.75) is 51.0 Å². The minimum Gasteiger partial charge on any atom is -0.502 e. The number of hydrogen-bond acceptors (Lipinski definition) is 5. The molecule has 0 radical (unpaired) electrons. The number of nitrogens with zero attached hydrogens (tertiary/aromatic N) is 1. The highest BCUT2D eigenvalue weighted by molar-refractivity contribution is 6.15. The van der Waals surface area contributed by atoms with Crippen molar-refractivity contribution in [2.75, 3.05) is 7.11 Å². The number of rotatable bonds is 3. The van der Waals surface area contributed by atoms with Crippen molar-refractivity contribution in [1.82, 2.24) is 14.8 Å². The van der Waals surface area contributed by atoms with E-state index in [2.05, 4.69) is 10.1 Å². The van der Waals surface area contributed by atoms with E-state index in [4.69, 9.17) is 9.15 Å². The van der Waals surface area contributed by atoms with Crippen LogP contribution in [-0.2, 0) is 0 Å². The second-order valence-electron chi connectivity index (χ2n) is 9.33. The van der Waals surface area contributed by atoms with Crippen molar-refractivity contribution in [1.29, 1.82) is 0 Å². The van der Waals surface area contributed by atoms with Crippen LogP contribution in [-0.4, -0.2) is 27.0 Å². The maximum Gasteiger partial charge on any atom is 0.274 e. The average molecular weight is 474 g/mol. The van der Waals surface area contributed by atoms with Gasteiger partial charge in [-0.05, 0) is 31.0 Å². The second kappa shape index (κ2) is 8.37. The molecule has 0 saturated heterocycles. The normalized spacial score (nSPS) is 15.6. The highest BCUT2D eigenvalue weighted by atomic mass is 16.5. The Hall–Kier alpha value is -3.94. The van der Waals surface area contributed by atoms with E-state index < -0.39 is 11.2 Å². The lowest BCUT2D eigenvalue weighted by Crippen LogP contribution is -2.15. The lowest BCUT2D eigenvalue weighted by atomic mass is 9.96. The number of aromatic nitrogens is 3. The number of methoxy groups -OCH3 is 1. The van der Waals surface area contributed by atoms with Gasteiger partial charge in [-0.1, -0.05) is 50.3 Å². The number of benzene rings is 2. The number of aromatic hydroxyl groups is 1. The summed E-state index contributed by atoms with van der Waals surface area (Å²) >= 11 is 0. The molecule has 2 aromatic carbocycles. The van der Waals surface area contributed by atoms with Crippen LogP contribution in [0, 0.1) is 0 Å². The summed E-state index contributed by atoms with van der Waals surface area (Å²) < 4.78 is 13.7. The standard InChI is InChI=1S/C27H27N3O5/c1-34-19-12-8-7-11-16(19)20-21-26(30(29-27(21)33)15-9-5-3-2-4-6-10-15)28-22-17-13-14-18(31)23(32)24(17)35-25(20)22/h7-8,11-15,28,32H,2-6,9-10H2,1H3,(H,29,33). The quantitative estimate of drug-likeness (QED) is 0.316. The summed E-state index contributed by atoms with van der Waals surface area (Å²) in [6, 6.07) is 10.6. The van der Waals surface area contributed by atoms with Crippen molar-refractivity contribution in [3.05, 3.63) is 57.0 Å². The van der Waals surface area contributed by atoms with Gasteiger partial charge in [-0.25, -0.2) is 0 Å². The van der Waals surface area contributed by atoms with E-state index in [0.717, 1.165) is 25.7 Å². The van der Waals surface area contributed by atoms with Crippen LogP contribution in [0.15, 0.2) is 50.4 Å². The zero-order valence-electron chi connectivity index (χ0n) is 19.5. The van der Waals surface area contributed by atoms with Crippen molar-refractivity contribution in [3.8, 4) is 22.6 Å². The molecule has 1 saturated carbocycles. The molecule has 0 spiro atoms. The first kappa shape index (κ1) is 21.6. The topological polar surface area (TPSA) is 113 Å². The predicted molar refractivity (Wildman–Crippen MR) is 135 cm³/mol. The number of para-hydroxylation sites is 1. The fourth-order valence-electron chi connectivity index (χ4n) is 5.54. The second-order valence-corrected chi connectivity index (χ2v) is 9.33. The summed E-state index contributed by atoms with van der Waals surface area (Å²) in [6.45, 7) is 0. The van der Waals surface area contributed by atoms with Crippen LogP contribution in [0.2, 0.25) is 0 Å². The van der Waals surface area contributed by atoms with Gasteiger partial charge in [0.2, 0.25) is 11.2 Å². The van der Waals surface area contributed by atoms with Gasteiger partial charge >= 0.3 is 0 Å². The van der Waals surface area contributed by atoms with Gasteiger partial charge in [0, 0.05) is 16.5 Å². The number of nitrogens with one attached hydrogen (secondary N) is 2. The molecule has 0 unspecified atom stereocenters. The highest BCUT2D eigenvalue weighted by Gasteiger charge is 2.26. The molecule has 8 nitrogen and oxygen atoms in total. The molecule has 6 rings (SSSR count). The Morgan fingerprint density at radius 1 is 1.00 bits per heavy atom. The molecule has 0 bridgehead atoms. The van der Waals surface area contributed by atoms with Crippen molar-refractivity contribution >= 4 is 33.1 Å². The molecule has 3 N–H and O–H groups in total. The first-order chi connectivity index (χ1) is 17.1. The number of hydrogen-bond donors (Lipinski definition) is 3. The van der Waals surface area contributed by atoms with E-state index in [0.29, 0.717) is 44.4 Å². The first-order valence-corrected chi connectivity index (χ1v) is 12.2. The van der Waals surface area contributed by atoms with E-state index in [1.165, 1.54) is 25.3 Å². The average Bonchev–Trinajstić information content (AvgIpc) is 3.38. The minimum atomic E-state index is -0.517. The van der Waals surface area contributed by atoms with Crippen LogP contribution in [0.4, 0.5) is 0 Å². The molecule has 1 aliphatic rings. The predicted octanol–water partition coefficient (Wildman–Crippen LogP) is 5.58. The molecule has 35 heavy (non-hydrogen) atoms. The summed E-state index contributed by atoms with van der Waals surface area (Å²) in [6.07, 6.45) is 7.86. The lowest BCUT2D eigenvalue weighted by Gasteiger charge is -2.21. The Morgan fingerprint density at radius 3 is 2.51 bits per heavy atom. The monoisotopic (exact) mass is 473 g/mol. The third-order valence-electron chi connectivity index (χ3n) is 7.26. The van der Waals surface area contributed by atoms with E-state index in [1.54, 1.807) is 13.2 Å². The number of aromatic amines is 2. The van der Waals surface area contributed by atoms with Gasteiger partial charge in [0.05, 0.1) is 24.1 Å². The number of H-pyrrole nitrogens is 2. The van der Waals surface area contributed by atoms with E-state index in [1.807, 2.05) is 28.9 Å². The van der Waals surface area contributed by atoms with Gasteiger partial charge in [0.15, 0.2) is 11.2 Å². The third-order valence-corrected chi connectivity index (χ3v) is 7.26. The smallest absolute Gasteiger partial charge is 0.274 e. The number of ether oxygens (including phenoxy) is 1. The van der Waals surface area contributed by atoms with Crippen LogP contribution in [0.3, 0.4) is 0 Å². The van der Waals surface area contributed by atoms with Gasteiger partial charge in [-0.3, -0.25) is 19.4 Å². The fraction of sp³-hybridized carbons (Fsp3) is 0.333. The van der Waals surface area contributed by atoms with Gasteiger partial charge in [-0.15, -0.1) is 0 Å². The Kier molecular flexibility index (Phi) is 5.16. The summed E-state index contributed by atoms with van der Waals surface area (Å²) in [5.74, 6) is 0.146. The van der Waals surface area contributed by atoms with Crippen LogP contribution < -0.4 is 15.7 Å². The molecular formula is C27H27N3O5. The summed E-state index contributed by atoms with van der Waals surface area (Å²) in [7, 11) is 1.58. The van der Waals surface area contributed by atoms with Crippen molar-refractivity contribution in [2.24, 2.45) is 0 Å². The number of phenols is 1. The molecule has 1 aliphatic carbocycles. The van der Waals surface area contributed by atoms with Gasteiger partial charge in [-0.2, -0.15) is 0 Å². The zero-order valence-corrected chi connectivity index (χ0v) is 19.5. The fourth-order valence-corrected chi connectivity index (χ4v) is 5.54. The minimum absolute atomic E-state index is 0.0986. The number of furan rings is 1. The SMILES string of the molecule is COc1ccccc1-c1c2oc3c(O)c(=O)ccc3c2[nH]c2c1c(=O)[nH]n2C1CCCCCCC1. The van der Waals surface area contributed by atoms with Gasteiger partial charge in [0.1, 0.15) is 11.4 Å². The first-order valence-electron chi connectivity index (χ1n) is 12.2. The molecule has 3 heterocycles. The van der Waals surface area contributed by atoms with Crippen LogP contribution in [0.1, 0.15) is 51.0 Å². The van der Waals surface area contributed by atoms with E-state index >= 15 is 0 Å². The molecule has 0 amide bonds. The molecule has 0 aliphatic heterocycles.